The summed E-state index contributed by atoms with van der Waals surface area (Å²) in [5.41, 5.74) is 3.00. The lowest BCUT2D eigenvalue weighted by Gasteiger charge is -2.28. The molecule has 0 radical (unpaired) electrons. The van der Waals surface area contributed by atoms with Crippen molar-refractivity contribution >= 4 is 28.2 Å². The molecular weight excluding hydrogens is 488 g/mol. The first-order valence-corrected chi connectivity index (χ1v) is 12.3. The third-order valence-corrected chi connectivity index (χ3v) is 6.90. The summed E-state index contributed by atoms with van der Waals surface area (Å²) in [6.07, 6.45) is 1.98. The van der Waals surface area contributed by atoms with Gasteiger partial charge >= 0.3 is 0 Å². The molecule has 2 heterocycles. The highest BCUT2D eigenvalue weighted by molar-refractivity contribution is 5.88. The van der Waals surface area contributed by atoms with E-state index in [-0.39, 0.29) is 23.7 Å². The Balaban J connectivity index is 1.65. The number of rotatable bonds is 8. The van der Waals surface area contributed by atoms with Crippen molar-refractivity contribution in [3.8, 4) is 0 Å². The standard InChI is InChI=1S/C28H26N4O6/c33-28(29-11-13-38-14-12-29)17-24(21-7-4-8-22(15-21)31(34)35)26-19-30(18-20-5-2-1-3-6-20)27-10-9-23(32(36)37)16-25(26)27/h1-10,15-16,19,24H,11-14,17-18H2/t24-/m1/s1. The van der Waals surface area contributed by atoms with Crippen LogP contribution in [0.25, 0.3) is 10.9 Å². The normalized spacial score (nSPS) is 14.4. The first-order chi connectivity index (χ1) is 18.4. The molecule has 1 aromatic heterocycles. The van der Waals surface area contributed by atoms with Crippen LogP contribution in [0.3, 0.4) is 0 Å². The topological polar surface area (TPSA) is 121 Å². The second kappa shape index (κ2) is 10.8. The Bertz CT molecular complexity index is 1490. The van der Waals surface area contributed by atoms with Gasteiger partial charge in [0.05, 0.1) is 23.1 Å². The number of ether oxygens (including phenoxy) is 1. The minimum absolute atomic E-state index is 0.0616. The van der Waals surface area contributed by atoms with Crippen LogP contribution in [-0.4, -0.2) is 51.5 Å². The van der Waals surface area contributed by atoms with Crippen LogP contribution in [0.2, 0.25) is 0 Å². The van der Waals surface area contributed by atoms with E-state index in [0.29, 0.717) is 49.4 Å². The molecule has 0 spiro atoms. The number of aromatic nitrogens is 1. The number of carbonyl (C=O) groups excluding carboxylic acids is 1. The van der Waals surface area contributed by atoms with Crippen LogP contribution in [0, 0.1) is 20.2 Å². The zero-order valence-electron chi connectivity index (χ0n) is 20.6. The molecule has 0 N–H and O–H groups in total. The number of morpholine rings is 1. The van der Waals surface area contributed by atoms with Gasteiger partial charge < -0.3 is 14.2 Å². The maximum Gasteiger partial charge on any atom is 0.270 e. The molecule has 5 rings (SSSR count). The molecule has 0 bridgehead atoms. The van der Waals surface area contributed by atoms with Crippen LogP contribution >= 0.6 is 0 Å². The monoisotopic (exact) mass is 514 g/mol. The predicted molar refractivity (Wildman–Crippen MR) is 141 cm³/mol. The number of fused-ring (bicyclic) bond motifs is 1. The van der Waals surface area contributed by atoms with Gasteiger partial charge in [-0.15, -0.1) is 0 Å². The molecule has 1 aliphatic rings. The zero-order chi connectivity index (χ0) is 26.6. The van der Waals surface area contributed by atoms with Gasteiger partial charge in [-0.2, -0.15) is 0 Å². The van der Waals surface area contributed by atoms with Crippen LogP contribution in [0.5, 0.6) is 0 Å². The number of benzene rings is 3. The molecule has 1 atom stereocenters. The Morgan fingerprint density at radius 1 is 0.895 bits per heavy atom. The predicted octanol–water partition coefficient (Wildman–Crippen LogP) is 4.89. The minimum Gasteiger partial charge on any atom is -0.378 e. The van der Waals surface area contributed by atoms with E-state index >= 15 is 0 Å². The number of amides is 1. The van der Waals surface area contributed by atoms with Crippen LogP contribution in [-0.2, 0) is 16.1 Å². The van der Waals surface area contributed by atoms with Crippen molar-refractivity contribution in [2.75, 3.05) is 26.3 Å². The van der Waals surface area contributed by atoms with Gasteiger partial charge in [-0.25, -0.2) is 0 Å². The highest BCUT2D eigenvalue weighted by atomic mass is 16.6. The highest BCUT2D eigenvalue weighted by Gasteiger charge is 2.28. The number of hydrogen-bond donors (Lipinski definition) is 0. The van der Waals surface area contributed by atoms with Crippen LogP contribution in [0.1, 0.15) is 29.0 Å². The number of nitrogens with zero attached hydrogens (tertiary/aromatic N) is 4. The molecule has 0 unspecified atom stereocenters. The molecule has 4 aromatic rings. The van der Waals surface area contributed by atoms with E-state index in [9.17, 15) is 25.0 Å². The number of nitro groups is 2. The summed E-state index contributed by atoms with van der Waals surface area (Å²) in [6.45, 7) is 2.38. The van der Waals surface area contributed by atoms with Gasteiger partial charge in [0.1, 0.15) is 0 Å². The van der Waals surface area contributed by atoms with Gasteiger partial charge in [0, 0.05) is 73.3 Å². The summed E-state index contributed by atoms with van der Waals surface area (Å²) in [5, 5.41) is 23.8. The Morgan fingerprint density at radius 2 is 1.61 bits per heavy atom. The lowest BCUT2D eigenvalue weighted by atomic mass is 9.87. The van der Waals surface area contributed by atoms with Crippen molar-refractivity contribution in [1.29, 1.82) is 0 Å². The molecule has 1 saturated heterocycles. The summed E-state index contributed by atoms with van der Waals surface area (Å²) < 4.78 is 7.39. The van der Waals surface area contributed by atoms with Crippen LogP contribution in [0.4, 0.5) is 11.4 Å². The second-order valence-corrected chi connectivity index (χ2v) is 9.26. The van der Waals surface area contributed by atoms with E-state index in [2.05, 4.69) is 0 Å². The molecule has 1 fully saturated rings. The molecule has 10 nitrogen and oxygen atoms in total. The number of nitro benzene ring substituents is 2. The highest BCUT2D eigenvalue weighted by Crippen LogP contribution is 2.38. The zero-order valence-corrected chi connectivity index (χ0v) is 20.6. The summed E-state index contributed by atoms with van der Waals surface area (Å²) >= 11 is 0. The average Bonchev–Trinajstić information content (AvgIpc) is 3.29. The summed E-state index contributed by atoms with van der Waals surface area (Å²) in [5.74, 6) is -0.647. The van der Waals surface area contributed by atoms with Gasteiger partial charge in [-0.05, 0) is 22.8 Å². The SMILES string of the molecule is O=C(C[C@H](c1cccc([N+](=O)[O-])c1)c1cn(Cc2ccccc2)c2ccc([N+](=O)[O-])cc12)N1CCOCC1. The third kappa shape index (κ3) is 5.25. The van der Waals surface area contributed by atoms with E-state index in [4.69, 9.17) is 4.74 Å². The molecule has 10 heteroatoms. The maximum atomic E-state index is 13.4. The fraction of sp³-hybridized carbons (Fsp3) is 0.250. The molecule has 3 aromatic carbocycles. The first kappa shape index (κ1) is 25.1. The van der Waals surface area contributed by atoms with Crippen LogP contribution in [0.15, 0.2) is 79.0 Å². The number of hydrogen-bond acceptors (Lipinski definition) is 6. The van der Waals surface area contributed by atoms with Gasteiger partial charge in [0.2, 0.25) is 5.91 Å². The van der Waals surface area contributed by atoms with Crippen molar-refractivity contribution < 1.29 is 19.4 Å². The quantitative estimate of drug-likeness (QED) is 0.244. The summed E-state index contributed by atoms with van der Waals surface area (Å²) in [6, 6.07) is 20.8. The molecule has 0 saturated carbocycles. The van der Waals surface area contributed by atoms with E-state index < -0.39 is 15.8 Å². The van der Waals surface area contributed by atoms with Crippen molar-refractivity contribution in [2.24, 2.45) is 0 Å². The summed E-state index contributed by atoms with van der Waals surface area (Å²) in [4.78, 5) is 37.4. The van der Waals surface area contributed by atoms with Gasteiger partial charge in [0.15, 0.2) is 0 Å². The van der Waals surface area contributed by atoms with Gasteiger partial charge in [-0.1, -0.05) is 42.5 Å². The minimum atomic E-state index is -0.549. The lowest BCUT2D eigenvalue weighted by molar-refractivity contribution is -0.385. The van der Waals surface area contributed by atoms with Crippen molar-refractivity contribution in [2.45, 2.75) is 18.9 Å². The maximum absolute atomic E-state index is 13.4. The van der Waals surface area contributed by atoms with Gasteiger partial charge in [-0.3, -0.25) is 25.0 Å². The fourth-order valence-electron chi connectivity index (χ4n) is 4.99. The van der Waals surface area contributed by atoms with Crippen LogP contribution < -0.4 is 0 Å². The molecular formula is C28H26N4O6. The molecule has 1 amide bonds. The van der Waals surface area contributed by atoms with E-state index in [1.54, 1.807) is 23.1 Å². The van der Waals surface area contributed by atoms with Crippen molar-refractivity contribution in [3.05, 3.63) is 116 Å². The fourth-order valence-corrected chi connectivity index (χ4v) is 4.99. The molecule has 38 heavy (non-hydrogen) atoms. The average molecular weight is 515 g/mol. The molecule has 194 valence electrons. The van der Waals surface area contributed by atoms with Crippen molar-refractivity contribution in [3.63, 3.8) is 0 Å². The van der Waals surface area contributed by atoms with E-state index in [1.165, 1.54) is 24.3 Å². The van der Waals surface area contributed by atoms with Crippen molar-refractivity contribution in [1.82, 2.24) is 9.47 Å². The largest absolute Gasteiger partial charge is 0.378 e. The van der Waals surface area contributed by atoms with E-state index in [0.717, 1.165) is 11.1 Å². The molecule has 0 aliphatic carbocycles. The number of carbonyl (C=O) groups is 1. The number of non-ortho nitro benzene ring substituents is 2. The Hall–Kier alpha value is -4.57. The summed E-state index contributed by atoms with van der Waals surface area (Å²) in [7, 11) is 0. The third-order valence-electron chi connectivity index (χ3n) is 6.90. The molecule has 1 aliphatic heterocycles. The van der Waals surface area contributed by atoms with Gasteiger partial charge in [0.25, 0.3) is 11.4 Å². The Morgan fingerprint density at radius 3 is 2.32 bits per heavy atom. The lowest BCUT2D eigenvalue weighted by Crippen LogP contribution is -2.41. The second-order valence-electron chi connectivity index (χ2n) is 9.26. The Kier molecular flexibility index (Phi) is 7.14. The van der Waals surface area contributed by atoms with E-state index in [1.807, 2.05) is 41.1 Å². The Labute approximate surface area is 218 Å². The smallest absolute Gasteiger partial charge is 0.270 e. The first-order valence-electron chi connectivity index (χ1n) is 12.3.